The first-order chi connectivity index (χ1) is 9.40. The molecule has 1 heterocycles. The summed E-state index contributed by atoms with van der Waals surface area (Å²) in [5, 5.41) is 0. The number of alkyl halides is 1. The Morgan fingerprint density at radius 3 is 2.50 bits per heavy atom. The lowest BCUT2D eigenvalue weighted by molar-refractivity contribution is 0.448. The zero-order valence-corrected chi connectivity index (χ0v) is 14.7. The van der Waals surface area contributed by atoms with E-state index in [0.717, 1.165) is 20.6 Å². The molecule has 0 aliphatic heterocycles. The van der Waals surface area contributed by atoms with Gasteiger partial charge in [-0.15, -0.1) is 11.6 Å². The van der Waals surface area contributed by atoms with Gasteiger partial charge in [0.15, 0.2) is 0 Å². The van der Waals surface area contributed by atoms with Crippen molar-refractivity contribution in [1.82, 2.24) is 4.98 Å². The highest BCUT2D eigenvalue weighted by atomic mass is 127. The maximum absolute atomic E-state index is 5.97. The van der Waals surface area contributed by atoms with E-state index in [1.54, 1.807) is 0 Å². The quantitative estimate of drug-likeness (QED) is 0.499. The van der Waals surface area contributed by atoms with Crippen LogP contribution in [0.25, 0.3) is 0 Å². The molecule has 0 saturated carbocycles. The average molecular weight is 402 g/mol. The number of hydrogen-bond donors (Lipinski definition) is 0. The summed E-state index contributed by atoms with van der Waals surface area (Å²) in [6.45, 7) is 6.39. The molecule has 4 heteroatoms. The van der Waals surface area contributed by atoms with Gasteiger partial charge >= 0.3 is 0 Å². The van der Waals surface area contributed by atoms with Gasteiger partial charge < -0.3 is 4.74 Å². The molecule has 20 heavy (non-hydrogen) atoms. The summed E-state index contributed by atoms with van der Waals surface area (Å²) < 4.78 is 6.97. The van der Waals surface area contributed by atoms with Crippen molar-refractivity contribution in [2.45, 2.75) is 32.1 Å². The van der Waals surface area contributed by atoms with Crippen LogP contribution in [0.15, 0.2) is 36.4 Å². The third-order valence-electron chi connectivity index (χ3n) is 2.84. The highest BCUT2D eigenvalue weighted by Crippen LogP contribution is 2.29. The normalized spacial score (nSPS) is 11.4. The van der Waals surface area contributed by atoms with Crippen molar-refractivity contribution in [3.63, 3.8) is 0 Å². The lowest BCUT2D eigenvalue weighted by Crippen LogP contribution is -2.14. The zero-order valence-electron chi connectivity index (χ0n) is 11.8. The second kappa shape index (κ2) is 6.31. The minimum Gasteiger partial charge on any atom is -0.438 e. The largest absolute Gasteiger partial charge is 0.438 e. The van der Waals surface area contributed by atoms with Gasteiger partial charge in [-0.3, -0.25) is 0 Å². The molecular formula is C16H17ClINO. The van der Waals surface area contributed by atoms with Crippen LogP contribution in [-0.4, -0.2) is 4.98 Å². The molecule has 0 unspecified atom stereocenters. The van der Waals surface area contributed by atoms with Crippen molar-refractivity contribution in [3.05, 3.63) is 51.2 Å². The Labute approximate surface area is 138 Å². The van der Waals surface area contributed by atoms with Crippen LogP contribution in [0.2, 0.25) is 0 Å². The summed E-state index contributed by atoms with van der Waals surface area (Å²) in [6, 6.07) is 11.8. The molecule has 0 amide bonds. The molecule has 0 spiro atoms. The summed E-state index contributed by atoms with van der Waals surface area (Å²) in [5.74, 6) is 1.86. The van der Waals surface area contributed by atoms with E-state index in [2.05, 4.69) is 48.3 Å². The van der Waals surface area contributed by atoms with Gasteiger partial charge in [0.2, 0.25) is 5.88 Å². The maximum atomic E-state index is 5.97. The molecule has 0 fully saturated rings. The summed E-state index contributed by atoms with van der Waals surface area (Å²) in [5.41, 5.74) is 1.97. The Kier molecular flexibility index (Phi) is 4.91. The van der Waals surface area contributed by atoms with Crippen LogP contribution in [0.1, 0.15) is 32.0 Å². The highest BCUT2D eigenvalue weighted by Gasteiger charge is 2.18. The van der Waals surface area contributed by atoms with Crippen molar-refractivity contribution in [1.29, 1.82) is 0 Å². The maximum Gasteiger partial charge on any atom is 0.219 e. The van der Waals surface area contributed by atoms with Crippen LogP contribution in [0.5, 0.6) is 11.6 Å². The number of pyridine rings is 1. The molecule has 2 rings (SSSR count). The molecule has 0 radical (unpaired) electrons. The molecule has 0 aliphatic carbocycles. The summed E-state index contributed by atoms with van der Waals surface area (Å²) >= 11 is 8.22. The van der Waals surface area contributed by atoms with Crippen molar-refractivity contribution >= 4 is 34.2 Å². The van der Waals surface area contributed by atoms with E-state index in [-0.39, 0.29) is 5.41 Å². The number of benzene rings is 1. The van der Waals surface area contributed by atoms with Crippen LogP contribution in [0.4, 0.5) is 0 Å². The van der Waals surface area contributed by atoms with E-state index in [9.17, 15) is 0 Å². The zero-order chi connectivity index (χ0) is 14.8. The number of nitrogens with zero attached hydrogens (tertiary/aromatic N) is 1. The predicted molar refractivity (Wildman–Crippen MR) is 91.7 cm³/mol. The lowest BCUT2D eigenvalue weighted by atomic mass is 9.91. The Bertz CT molecular complexity index is 608. The molecule has 0 aliphatic rings. The van der Waals surface area contributed by atoms with Crippen LogP contribution in [0, 0.1) is 3.57 Å². The standard InChI is InChI=1S/C16H17ClINO/c1-16(2,3)14-8-11(10-17)9-15(19-14)20-13-7-5-4-6-12(13)18/h4-9H,10H2,1-3H3. The van der Waals surface area contributed by atoms with Gasteiger partial charge in [0, 0.05) is 17.4 Å². The second-order valence-electron chi connectivity index (χ2n) is 5.61. The van der Waals surface area contributed by atoms with Crippen molar-refractivity contribution in [3.8, 4) is 11.6 Å². The fraction of sp³-hybridized carbons (Fsp3) is 0.312. The average Bonchev–Trinajstić information content (AvgIpc) is 2.40. The molecule has 0 bridgehead atoms. The number of ether oxygens (including phenoxy) is 1. The molecule has 1 aromatic carbocycles. The Hall–Kier alpha value is -0.810. The monoisotopic (exact) mass is 401 g/mol. The molecular weight excluding hydrogens is 385 g/mol. The topological polar surface area (TPSA) is 22.1 Å². The van der Waals surface area contributed by atoms with Crippen molar-refractivity contribution in [2.75, 3.05) is 0 Å². The molecule has 2 nitrogen and oxygen atoms in total. The van der Waals surface area contributed by atoms with E-state index in [0.29, 0.717) is 11.8 Å². The first-order valence-corrected chi connectivity index (χ1v) is 8.01. The van der Waals surface area contributed by atoms with E-state index in [1.807, 2.05) is 36.4 Å². The van der Waals surface area contributed by atoms with E-state index >= 15 is 0 Å². The first kappa shape index (κ1) is 15.6. The third kappa shape index (κ3) is 3.85. The molecule has 2 aromatic rings. The smallest absolute Gasteiger partial charge is 0.219 e. The Morgan fingerprint density at radius 1 is 1.20 bits per heavy atom. The van der Waals surface area contributed by atoms with Gasteiger partial charge in [0.25, 0.3) is 0 Å². The van der Waals surface area contributed by atoms with Crippen molar-refractivity contribution in [2.24, 2.45) is 0 Å². The van der Waals surface area contributed by atoms with Crippen LogP contribution < -0.4 is 4.74 Å². The minimum absolute atomic E-state index is 0.0377. The number of rotatable bonds is 3. The van der Waals surface area contributed by atoms with Crippen LogP contribution >= 0.6 is 34.2 Å². The molecule has 1 aromatic heterocycles. The second-order valence-corrected chi connectivity index (χ2v) is 7.04. The van der Waals surface area contributed by atoms with Gasteiger partial charge in [-0.1, -0.05) is 32.9 Å². The van der Waals surface area contributed by atoms with Gasteiger partial charge in [0.1, 0.15) is 5.75 Å². The summed E-state index contributed by atoms with van der Waals surface area (Å²) in [7, 11) is 0. The van der Waals surface area contributed by atoms with Gasteiger partial charge in [0.05, 0.1) is 9.26 Å². The fourth-order valence-corrected chi connectivity index (χ4v) is 2.36. The number of halogens is 2. The minimum atomic E-state index is -0.0377. The molecule has 0 N–H and O–H groups in total. The number of para-hydroxylation sites is 1. The molecule has 106 valence electrons. The fourth-order valence-electron chi connectivity index (χ4n) is 1.71. The summed E-state index contributed by atoms with van der Waals surface area (Å²) in [4.78, 5) is 4.60. The number of hydrogen-bond acceptors (Lipinski definition) is 2. The lowest BCUT2D eigenvalue weighted by Gasteiger charge is -2.19. The van der Waals surface area contributed by atoms with Gasteiger partial charge in [-0.05, 0) is 46.4 Å². The summed E-state index contributed by atoms with van der Waals surface area (Å²) in [6.07, 6.45) is 0. The van der Waals surface area contributed by atoms with E-state index in [1.165, 1.54) is 0 Å². The van der Waals surface area contributed by atoms with E-state index < -0.39 is 0 Å². The predicted octanol–water partition coefficient (Wildman–Crippen LogP) is 5.51. The van der Waals surface area contributed by atoms with Crippen LogP contribution in [0.3, 0.4) is 0 Å². The Balaban J connectivity index is 2.39. The Morgan fingerprint density at radius 2 is 1.90 bits per heavy atom. The van der Waals surface area contributed by atoms with E-state index in [4.69, 9.17) is 16.3 Å². The van der Waals surface area contributed by atoms with Crippen molar-refractivity contribution < 1.29 is 4.74 Å². The number of aromatic nitrogens is 1. The highest BCUT2D eigenvalue weighted by molar-refractivity contribution is 14.1. The molecule has 0 atom stereocenters. The van der Waals surface area contributed by atoms with Crippen LogP contribution in [-0.2, 0) is 11.3 Å². The first-order valence-electron chi connectivity index (χ1n) is 6.40. The van der Waals surface area contributed by atoms with Gasteiger partial charge in [-0.25, -0.2) is 4.98 Å². The third-order valence-corrected chi connectivity index (χ3v) is 4.04. The SMILES string of the molecule is CC(C)(C)c1cc(CCl)cc(Oc2ccccc2I)n1. The van der Waals surface area contributed by atoms with Gasteiger partial charge in [-0.2, -0.15) is 0 Å². The molecule has 0 saturated heterocycles.